The van der Waals surface area contributed by atoms with Crippen molar-refractivity contribution in [2.45, 2.75) is 19.9 Å². The van der Waals surface area contributed by atoms with Crippen LogP contribution in [0.5, 0.6) is 0 Å². The first-order valence-corrected chi connectivity index (χ1v) is 6.09. The third-order valence-corrected chi connectivity index (χ3v) is 3.24. The normalized spacial score (nSPS) is 11.7. The van der Waals surface area contributed by atoms with Crippen molar-refractivity contribution in [3.8, 4) is 6.07 Å². The lowest BCUT2D eigenvalue weighted by molar-refractivity contribution is 0.628. The number of rotatable bonds is 3. The van der Waals surface area contributed by atoms with Crippen molar-refractivity contribution in [2.75, 3.05) is 5.32 Å². The fourth-order valence-electron chi connectivity index (χ4n) is 1.98. The molecule has 2 aromatic rings. The minimum absolute atomic E-state index is 0.286. The maximum absolute atomic E-state index is 12.9. The van der Waals surface area contributed by atoms with Gasteiger partial charge in [0.25, 0.3) is 0 Å². The topological polar surface area (TPSA) is 35.8 Å². The zero-order chi connectivity index (χ0) is 13.8. The maximum Gasteiger partial charge on any atom is 0.140 e. The zero-order valence-corrected chi connectivity index (χ0v) is 10.9. The molecule has 2 nitrogen and oxygen atoms in total. The lowest BCUT2D eigenvalue weighted by Crippen LogP contribution is -2.10. The number of aryl methyl sites for hydroxylation is 1. The Labute approximate surface area is 112 Å². The van der Waals surface area contributed by atoms with Gasteiger partial charge in [-0.05, 0) is 54.8 Å². The first-order valence-electron chi connectivity index (χ1n) is 6.09. The second-order valence-corrected chi connectivity index (χ2v) is 4.50. The van der Waals surface area contributed by atoms with E-state index in [1.807, 2.05) is 32.0 Å². The Morgan fingerprint density at radius 3 is 2.42 bits per heavy atom. The van der Waals surface area contributed by atoms with E-state index in [9.17, 15) is 9.65 Å². The monoisotopic (exact) mass is 254 g/mol. The molecule has 0 bridgehead atoms. The fourth-order valence-corrected chi connectivity index (χ4v) is 1.98. The largest absolute Gasteiger partial charge is 0.366 e. The number of benzene rings is 2. The van der Waals surface area contributed by atoms with Crippen LogP contribution in [0.3, 0.4) is 0 Å². The fraction of sp³-hybridized carbons (Fsp3) is 0.188. The quantitative estimate of drug-likeness (QED) is 0.894. The molecule has 0 saturated carbocycles. The highest BCUT2D eigenvalue weighted by Crippen LogP contribution is 2.24. The van der Waals surface area contributed by atoms with Crippen LogP contribution in [0, 0.1) is 31.0 Å². The first kappa shape index (κ1) is 13.1. The third-order valence-electron chi connectivity index (χ3n) is 3.24. The average molecular weight is 254 g/mol. The van der Waals surface area contributed by atoms with Crippen LogP contribution in [0.25, 0.3) is 0 Å². The first-order chi connectivity index (χ1) is 9.11. The molecule has 2 aromatic carbocycles. The Hall–Kier alpha value is -2.34. The Morgan fingerprint density at radius 1 is 1.11 bits per heavy atom. The Kier molecular flexibility index (Phi) is 3.82. The van der Waals surface area contributed by atoms with Gasteiger partial charge in [0.2, 0.25) is 0 Å². The summed E-state index contributed by atoms with van der Waals surface area (Å²) >= 11 is 0. The Bertz CT molecular complexity index is 612. The highest BCUT2D eigenvalue weighted by Gasteiger charge is 2.13. The van der Waals surface area contributed by atoms with E-state index >= 15 is 0 Å². The van der Waals surface area contributed by atoms with Crippen LogP contribution in [0.4, 0.5) is 10.1 Å². The summed E-state index contributed by atoms with van der Waals surface area (Å²) in [5, 5.41) is 12.4. The molecule has 0 fully saturated rings. The van der Waals surface area contributed by atoms with Gasteiger partial charge in [0, 0.05) is 5.69 Å². The van der Waals surface area contributed by atoms with Crippen LogP contribution >= 0.6 is 0 Å². The molecule has 0 spiro atoms. The number of anilines is 1. The smallest absolute Gasteiger partial charge is 0.140 e. The van der Waals surface area contributed by atoms with Crippen molar-refractivity contribution in [1.29, 1.82) is 5.26 Å². The second kappa shape index (κ2) is 5.53. The summed E-state index contributed by atoms with van der Waals surface area (Å²) in [6.45, 7) is 4.02. The summed E-state index contributed by atoms with van der Waals surface area (Å²) in [7, 11) is 0. The van der Waals surface area contributed by atoms with Gasteiger partial charge in [-0.1, -0.05) is 18.2 Å². The van der Waals surface area contributed by atoms with Gasteiger partial charge >= 0.3 is 0 Å². The highest BCUT2D eigenvalue weighted by molar-refractivity contribution is 5.49. The van der Waals surface area contributed by atoms with E-state index in [0.29, 0.717) is 0 Å². The summed E-state index contributed by atoms with van der Waals surface area (Å²) in [5.41, 5.74) is 3.93. The lowest BCUT2D eigenvalue weighted by atomic mass is 9.98. The van der Waals surface area contributed by atoms with Gasteiger partial charge in [0.15, 0.2) is 0 Å². The molecule has 0 amide bonds. The SMILES string of the molecule is Cc1cccc(C(C#N)Nc2ccc(F)cc2)c1C. The van der Waals surface area contributed by atoms with E-state index in [4.69, 9.17) is 0 Å². The molecule has 1 unspecified atom stereocenters. The number of hydrogen-bond donors (Lipinski definition) is 1. The molecule has 3 heteroatoms. The molecule has 2 rings (SSSR count). The highest BCUT2D eigenvalue weighted by atomic mass is 19.1. The van der Waals surface area contributed by atoms with Crippen molar-refractivity contribution < 1.29 is 4.39 Å². The van der Waals surface area contributed by atoms with E-state index in [-0.39, 0.29) is 5.82 Å². The molecule has 0 aliphatic heterocycles. The molecular weight excluding hydrogens is 239 g/mol. The molecule has 0 saturated heterocycles. The van der Waals surface area contributed by atoms with Gasteiger partial charge in [0.05, 0.1) is 6.07 Å². The number of nitrogens with one attached hydrogen (secondary N) is 1. The number of nitriles is 1. The van der Waals surface area contributed by atoms with Crippen molar-refractivity contribution in [2.24, 2.45) is 0 Å². The predicted molar refractivity (Wildman–Crippen MR) is 74.3 cm³/mol. The molecule has 19 heavy (non-hydrogen) atoms. The minimum Gasteiger partial charge on any atom is -0.366 e. The van der Waals surface area contributed by atoms with E-state index in [1.165, 1.54) is 12.1 Å². The van der Waals surface area contributed by atoms with Crippen LogP contribution in [-0.4, -0.2) is 0 Å². The molecule has 0 aliphatic rings. The molecule has 0 radical (unpaired) electrons. The van der Waals surface area contributed by atoms with Crippen molar-refractivity contribution >= 4 is 5.69 Å². The minimum atomic E-state index is -0.439. The molecule has 0 aliphatic carbocycles. The van der Waals surface area contributed by atoms with Gasteiger partial charge < -0.3 is 5.32 Å². The van der Waals surface area contributed by atoms with E-state index < -0.39 is 6.04 Å². The molecule has 96 valence electrons. The van der Waals surface area contributed by atoms with E-state index in [2.05, 4.69) is 11.4 Å². The van der Waals surface area contributed by atoms with Crippen LogP contribution in [0.2, 0.25) is 0 Å². The summed E-state index contributed by atoms with van der Waals surface area (Å²) in [6.07, 6.45) is 0. The molecule has 0 aromatic heterocycles. The molecular formula is C16H15FN2. The van der Waals surface area contributed by atoms with E-state index in [0.717, 1.165) is 22.4 Å². The van der Waals surface area contributed by atoms with Gasteiger partial charge in [-0.15, -0.1) is 0 Å². The van der Waals surface area contributed by atoms with Crippen LogP contribution in [0.1, 0.15) is 22.7 Å². The summed E-state index contributed by atoms with van der Waals surface area (Å²) < 4.78 is 12.9. The van der Waals surface area contributed by atoms with Crippen LogP contribution in [0.15, 0.2) is 42.5 Å². The van der Waals surface area contributed by atoms with Crippen molar-refractivity contribution in [1.82, 2.24) is 0 Å². The zero-order valence-electron chi connectivity index (χ0n) is 10.9. The Morgan fingerprint density at radius 2 is 1.79 bits per heavy atom. The lowest BCUT2D eigenvalue weighted by Gasteiger charge is -2.16. The van der Waals surface area contributed by atoms with Crippen molar-refractivity contribution in [3.05, 3.63) is 65.0 Å². The predicted octanol–water partition coefficient (Wildman–Crippen LogP) is 4.12. The molecule has 1 N–H and O–H groups in total. The van der Waals surface area contributed by atoms with E-state index in [1.54, 1.807) is 12.1 Å². The van der Waals surface area contributed by atoms with Gasteiger partial charge in [-0.2, -0.15) is 5.26 Å². The number of nitrogens with zero attached hydrogens (tertiary/aromatic N) is 1. The summed E-state index contributed by atoms with van der Waals surface area (Å²) in [5.74, 6) is -0.286. The summed E-state index contributed by atoms with van der Waals surface area (Å²) in [6, 6.07) is 13.7. The number of hydrogen-bond acceptors (Lipinski definition) is 2. The standard InChI is InChI=1S/C16H15FN2/c1-11-4-3-5-15(12(11)2)16(10-18)19-14-8-6-13(17)7-9-14/h3-9,16,19H,1-2H3. The van der Waals surface area contributed by atoms with Gasteiger partial charge in [-0.3, -0.25) is 0 Å². The van der Waals surface area contributed by atoms with Gasteiger partial charge in [0.1, 0.15) is 11.9 Å². The Balaban J connectivity index is 2.28. The summed E-state index contributed by atoms with van der Waals surface area (Å²) in [4.78, 5) is 0. The van der Waals surface area contributed by atoms with Crippen LogP contribution < -0.4 is 5.32 Å². The van der Waals surface area contributed by atoms with Crippen molar-refractivity contribution in [3.63, 3.8) is 0 Å². The average Bonchev–Trinajstić information content (AvgIpc) is 2.42. The molecule has 1 atom stereocenters. The molecule has 0 heterocycles. The third kappa shape index (κ3) is 2.92. The van der Waals surface area contributed by atoms with Gasteiger partial charge in [-0.25, -0.2) is 4.39 Å². The number of halogens is 1. The maximum atomic E-state index is 12.9. The van der Waals surface area contributed by atoms with Crippen LogP contribution in [-0.2, 0) is 0 Å². The second-order valence-electron chi connectivity index (χ2n) is 4.50.